The van der Waals surface area contributed by atoms with Gasteiger partial charge in [0.25, 0.3) is 0 Å². The lowest BCUT2D eigenvalue weighted by Crippen LogP contribution is -2.07. The molecule has 0 aliphatic heterocycles. The van der Waals surface area contributed by atoms with Gasteiger partial charge in [-0.3, -0.25) is 0 Å². The highest BCUT2D eigenvalue weighted by molar-refractivity contribution is 7.99. The number of nitrogens with zero attached hydrogens (tertiary/aromatic N) is 1. The number of hydrogen-bond acceptors (Lipinski definition) is 3. The Hall–Kier alpha value is -1.33. The molecule has 0 radical (unpaired) electrons. The molecule has 1 heterocycles. The number of aromatic amines is 1. The Bertz CT molecular complexity index is 509. The lowest BCUT2D eigenvalue weighted by Gasteiger charge is -2.13. The van der Waals surface area contributed by atoms with Crippen LogP contribution in [-0.4, -0.2) is 9.97 Å². The van der Waals surface area contributed by atoms with Crippen molar-refractivity contribution in [3.63, 3.8) is 0 Å². The Morgan fingerprint density at radius 1 is 1.47 bits per heavy atom. The molecule has 90 valence electrons. The number of hydrogen-bond donors (Lipinski definition) is 2. The van der Waals surface area contributed by atoms with Crippen molar-refractivity contribution in [2.24, 2.45) is 5.73 Å². The molecule has 1 aromatic heterocycles. The quantitative estimate of drug-likeness (QED) is 0.881. The highest BCUT2D eigenvalue weighted by Gasteiger charge is 2.12. The smallest absolute Gasteiger partial charge is 0.170 e. The van der Waals surface area contributed by atoms with Gasteiger partial charge in [-0.15, -0.1) is 0 Å². The van der Waals surface area contributed by atoms with Crippen LogP contribution in [0.4, 0.5) is 4.39 Å². The minimum atomic E-state index is -0.221. The van der Waals surface area contributed by atoms with Crippen LogP contribution in [0.5, 0.6) is 0 Å². The largest absolute Gasteiger partial charge is 0.339 e. The molecule has 0 saturated carbocycles. The van der Waals surface area contributed by atoms with E-state index in [-0.39, 0.29) is 11.9 Å². The second-order valence-electron chi connectivity index (χ2n) is 3.92. The van der Waals surface area contributed by atoms with Crippen LogP contribution in [0.3, 0.4) is 0 Å². The van der Waals surface area contributed by atoms with Gasteiger partial charge in [0, 0.05) is 23.3 Å². The van der Waals surface area contributed by atoms with Crippen LogP contribution in [0.15, 0.2) is 34.6 Å². The van der Waals surface area contributed by atoms with E-state index in [0.717, 1.165) is 15.6 Å². The van der Waals surface area contributed by atoms with Crippen molar-refractivity contribution in [3.05, 3.63) is 41.5 Å². The third kappa shape index (κ3) is 2.68. The summed E-state index contributed by atoms with van der Waals surface area (Å²) in [5.74, 6) is -0.221. The molecule has 5 heteroatoms. The van der Waals surface area contributed by atoms with Gasteiger partial charge in [0.15, 0.2) is 5.16 Å². The van der Waals surface area contributed by atoms with Gasteiger partial charge in [0.2, 0.25) is 0 Å². The normalized spacial score (nSPS) is 12.7. The summed E-state index contributed by atoms with van der Waals surface area (Å²) in [5, 5.41) is 0.776. The second kappa shape index (κ2) is 4.89. The molecule has 3 N–H and O–H groups in total. The van der Waals surface area contributed by atoms with Crippen LogP contribution in [0, 0.1) is 12.7 Å². The Morgan fingerprint density at radius 2 is 2.24 bits per heavy atom. The third-order valence-electron chi connectivity index (χ3n) is 2.46. The Kier molecular flexibility index (Phi) is 3.49. The molecule has 0 fully saturated rings. The molecule has 0 unspecified atom stereocenters. The first-order valence-corrected chi connectivity index (χ1v) is 6.12. The van der Waals surface area contributed by atoms with Crippen molar-refractivity contribution in [1.29, 1.82) is 0 Å². The fourth-order valence-electron chi connectivity index (χ4n) is 1.53. The van der Waals surface area contributed by atoms with E-state index in [9.17, 15) is 4.39 Å². The van der Waals surface area contributed by atoms with Crippen LogP contribution in [0.1, 0.15) is 24.1 Å². The van der Waals surface area contributed by atoms with Crippen LogP contribution in [0.25, 0.3) is 0 Å². The monoisotopic (exact) mass is 251 g/mol. The number of nitrogens with two attached hydrogens (primary N) is 1. The summed E-state index contributed by atoms with van der Waals surface area (Å²) < 4.78 is 13.5. The van der Waals surface area contributed by atoms with Crippen molar-refractivity contribution in [3.8, 4) is 0 Å². The first-order valence-electron chi connectivity index (χ1n) is 5.31. The van der Waals surface area contributed by atoms with E-state index in [4.69, 9.17) is 5.73 Å². The van der Waals surface area contributed by atoms with E-state index in [1.54, 1.807) is 25.4 Å². The van der Waals surface area contributed by atoms with E-state index >= 15 is 0 Å². The molecule has 2 rings (SSSR count). The molecule has 0 spiro atoms. The third-order valence-corrected chi connectivity index (χ3v) is 3.45. The Morgan fingerprint density at radius 3 is 2.82 bits per heavy atom. The average Bonchev–Trinajstić information content (AvgIpc) is 2.75. The predicted octanol–water partition coefficient (Wildman–Crippen LogP) is 3.03. The molecule has 0 aliphatic rings. The number of nitrogens with one attached hydrogen (secondary N) is 1. The Balaban J connectivity index is 2.41. The van der Waals surface area contributed by atoms with Crippen LogP contribution >= 0.6 is 11.8 Å². The summed E-state index contributed by atoms with van der Waals surface area (Å²) >= 11 is 1.46. The number of halogens is 1. The lowest BCUT2D eigenvalue weighted by atomic mass is 10.1. The van der Waals surface area contributed by atoms with Crippen LogP contribution in [-0.2, 0) is 0 Å². The minimum absolute atomic E-state index is 0.206. The van der Waals surface area contributed by atoms with E-state index < -0.39 is 0 Å². The zero-order valence-corrected chi connectivity index (χ0v) is 10.5. The molecular weight excluding hydrogens is 237 g/mol. The van der Waals surface area contributed by atoms with Crippen molar-refractivity contribution in [2.45, 2.75) is 29.9 Å². The molecule has 0 saturated heterocycles. The average molecular weight is 251 g/mol. The minimum Gasteiger partial charge on any atom is -0.339 e. The molecule has 0 amide bonds. The fraction of sp³-hybridized carbons (Fsp3) is 0.250. The van der Waals surface area contributed by atoms with Gasteiger partial charge in [-0.05, 0) is 37.1 Å². The number of aryl methyl sites for hydroxylation is 1. The van der Waals surface area contributed by atoms with Gasteiger partial charge in [0.05, 0.1) is 0 Å². The number of rotatable bonds is 3. The summed E-state index contributed by atoms with van der Waals surface area (Å²) in [6, 6.07) is 3.11. The SMILES string of the molecule is Cc1cc(Sc2ncc[nH]2)c([C@H](C)N)cc1F. The topological polar surface area (TPSA) is 54.7 Å². The number of benzene rings is 1. The van der Waals surface area contributed by atoms with Crippen molar-refractivity contribution in [2.75, 3.05) is 0 Å². The molecule has 1 atom stereocenters. The summed E-state index contributed by atoms with van der Waals surface area (Å²) in [6.07, 6.45) is 3.44. The van der Waals surface area contributed by atoms with Crippen molar-refractivity contribution >= 4 is 11.8 Å². The maximum Gasteiger partial charge on any atom is 0.170 e. The van der Waals surface area contributed by atoms with Crippen LogP contribution in [0.2, 0.25) is 0 Å². The van der Waals surface area contributed by atoms with E-state index in [1.807, 2.05) is 6.92 Å². The van der Waals surface area contributed by atoms with Crippen molar-refractivity contribution in [1.82, 2.24) is 9.97 Å². The maximum absolute atomic E-state index is 13.5. The highest BCUT2D eigenvalue weighted by atomic mass is 32.2. The molecule has 17 heavy (non-hydrogen) atoms. The molecule has 3 nitrogen and oxygen atoms in total. The zero-order valence-electron chi connectivity index (χ0n) is 9.70. The van der Waals surface area contributed by atoms with E-state index in [1.165, 1.54) is 17.8 Å². The molecule has 2 aromatic rings. The molecule has 0 aliphatic carbocycles. The molecule has 1 aromatic carbocycles. The first-order chi connectivity index (χ1) is 8.08. The van der Waals surface area contributed by atoms with Gasteiger partial charge in [-0.2, -0.15) is 0 Å². The van der Waals surface area contributed by atoms with E-state index in [0.29, 0.717) is 5.56 Å². The van der Waals surface area contributed by atoms with Gasteiger partial charge in [-0.1, -0.05) is 11.8 Å². The summed E-state index contributed by atoms with van der Waals surface area (Å²) in [7, 11) is 0. The second-order valence-corrected chi connectivity index (χ2v) is 4.95. The fourth-order valence-corrected chi connectivity index (χ4v) is 2.57. The van der Waals surface area contributed by atoms with Crippen molar-refractivity contribution < 1.29 is 4.39 Å². The molecule has 0 bridgehead atoms. The number of H-pyrrole nitrogens is 1. The standard InChI is InChI=1S/C12H14FN3S/c1-7-5-11(17-12-15-3-4-16-12)9(8(2)14)6-10(7)13/h3-6,8H,14H2,1-2H3,(H,15,16)/t8-/m0/s1. The highest BCUT2D eigenvalue weighted by Crippen LogP contribution is 2.32. The first kappa shape index (κ1) is 12.1. The number of aromatic nitrogens is 2. The lowest BCUT2D eigenvalue weighted by molar-refractivity contribution is 0.610. The molecular formula is C12H14FN3S. The summed E-state index contributed by atoms with van der Waals surface area (Å²) in [4.78, 5) is 8.08. The summed E-state index contributed by atoms with van der Waals surface area (Å²) in [5.41, 5.74) is 7.27. The number of imidazole rings is 1. The van der Waals surface area contributed by atoms with Crippen LogP contribution < -0.4 is 5.73 Å². The van der Waals surface area contributed by atoms with Gasteiger partial charge >= 0.3 is 0 Å². The van der Waals surface area contributed by atoms with Gasteiger partial charge in [-0.25, -0.2) is 9.37 Å². The van der Waals surface area contributed by atoms with Gasteiger partial charge < -0.3 is 10.7 Å². The van der Waals surface area contributed by atoms with E-state index in [2.05, 4.69) is 9.97 Å². The Labute approximate surface area is 104 Å². The van der Waals surface area contributed by atoms with Gasteiger partial charge in [0.1, 0.15) is 5.82 Å². The summed E-state index contributed by atoms with van der Waals surface area (Å²) in [6.45, 7) is 3.59. The predicted molar refractivity (Wildman–Crippen MR) is 66.5 cm³/mol. The zero-order chi connectivity index (χ0) is 12.4. The maximum atomic E-state index is 13.5.